The molecule has 0 saturated heterocycles. The molecule has 1 heterocycles. The van der Waals surface area contributed by atoms with E-state index in [-0.39, 0.29) is 11.4 Å². The van der Waals surface area contributed by atoms with Gasteiger partial charge in [-0.05, 0) is 81.1 Å². The van der Waals surface area contributed by atoms with Crippen LogP contribution < -0.4 is 15.1 Å². The van der Waals surface area contributed by atoms with Crippen LogP contribution in [0, 0.1) is 13.8 Å². The van der Waals surface area contributed by atoms with Crippen LogP contribution in [0.3, 0.4) is 0 Å². The number of hydrazone groups is 1. The molecule has 5 heteroatoms. The Kier molecular flexibility index (Phi) is 5.51. The van der Waals surface area contributed by atoms with Gasteiger partial charge in [-0.1, -0.05) is 12.1 Å². The van der Waals surface area contributed by atoms with Gasteiger partial charge in [-0.3, -0.25) is 4.79 Å². The van der Waals surface area contributed by atoms with Gasteiger partial charge in [0.05, 0.1) is 24.4 Å². The molecule has 1 amide bonds. The zero-order chi connectivity index (χ0) is 21.3. The lowest BCUT2D eigenvalue weighted by atomic mass is 9.87. The van der Waals surface area contributed by atoms with Crippen molar-refractivity contribution in [2.45, 2.75) is 40.2 Å². The summed E-state index contributed by atoms with van der Waals surface area (Å²) in [5, 5.41) is 4.18. The van der Waals surface area contributed by atoms with Gasteiger partial charge in [0, 0.05) is 18.3 Å². The number of anilines is 1. The monoisotopic (exact) mass is 391 g/mol. The van der Waals surface area contributed by atoms with Gasteiger partial charge in [0.1, 0.15) is 5.75 Å². The molecule has 0 atom stereocenters. The predicted molar refractivity (Wildman–Crippen MR) is 120 cm³/mol. The van der Waals surface area contributed by atoms with Gasteiger partial charge in [0.2, 0.25) is 0 Å². The fourth-order valence-corrected chi connectivity index (χ4v) is 3.66. The number of benzene rings is 2. The quantitative estimate of drug-likeness (QED) is 0.607. The molecule has 0 saturated carbocycles. The second-order valence-electron chi connectivity index (χ2n) is 8.17. The third-order valence-corrected chi connectivity index (χ3v) is 5.58. The molecule has 0 unspecified atom stereocenters. The summed E-state index contributed by atoms with van der Waals surface area (Å²) < 4.78 is 5.31. The predicted octanol–water partition coefficient (Wildman–Crippen LogP) is 4.71. The summed E-state index contributed by atoms with van der Waals surface area (Å²) in [7, 11) is 3.67. The van der Waals surface area contributed by atoms with Gasteiger partial charge in [0.25, 0.3) is 5.91 Å². The number of carbonyl (C=O) groups is 1. The largest absolute Gasteiger partial charge is 0.496 e. The fraction of sp³-hybridized carbons (Fsp3) is 0.333. The van der Waals surface area contributed by atoms with Crippen molar-refractivity contribution in [3.8, 4) is 5.75 Å². The van der Waals surface area contributed by atoms with E-state index in [9.17, 15) is 4.79 Å². The zero-order valence-corrected chi connectivity index (χ0v) is 18.3. The van der Waals surface area contributed by atoms with Gasteiger partial charge in [0.15, 0.2) is 0 Å². The molecule has 0 radical (unpaired) electrons. The Labute approximate surface area is 173 Å². The Morgan fingerprint density at radius 2 is 1.90 bits per heavy atom. The number of aryl methyl sites for hydroxylation is 2. The Morgan fingerprint density at radius 1 is 1.17 bits per heavy atom. The number of nitrogens with zero attached hydrogens (tertiary/aromatic N) is 2. The van der Waals surface area contributed by atoms with E-state index in [0.717, 1.165) is 16.7 Å². The molecule has 1 aliphatic heterocycles. The van der Waals surface area contributed by atoms with Crippen LogP contribution >= 0.6 is 0 Å². The van der Waals surface area contributed by atoms with Gasteiger partial charge < -0.3 is 9.64 Å². The number of allylic oxidation sites excluding steroid dienone is 1. The van der Waals surface area contributed by atoms with Crippen LogP contribution in [0.1, 0.15) is 53.4 Å². The minimum atomic E-state index is -0.300. The summed E-state index contributed by atoms with van der Waals surface area (Å²) in [5.74, 6) is 0.236. The molecule has 1 aliphatic rings. The Morgan fingerprint density at radius 3 is 2.59 bits per heavy atom. The molecular formula is C24H29N3O2. The minimum absolute atomic E-state index is 0.0276. The Hall–Kier alpha value is -3.08. The van der Waals surface area contributed by atoms with E-state index in [4.69, 9.17) is 4.74 Å². The lowest BCUT2D eigenvalue weighted by Gasteiger charge is -2.41. The van der Waals surface area contributed by atoms with Gasteiger partial charge in [-0.15, -0.1) is 0 Å². The Balaban J connectivity index is 1.84. The van der Waals surface area contributed by atoms with Crippen LogP contribution in [0.25, 0.3) is 5.57 Å². The van der Waals surface area contributed by atoms with Crippen molar-refractivity contribution in [3.63, 3.8) is 0 Å². The smallest absolute Gasteiger partial charge is 0.275 e. The molecule has 0 aromatic heterocycles. The number of methoxy groups -OCH3 is 1. The number of likely N-dealkylation sites (N-methyl/N-ethyl adjacent to an activating group) is 1. The Bertz CT molecular complexity index is 1020. The maximum atomic E-state index is 12.5. The molecule has 0 fully saturated rings. The molecule has 2 aromatic carbocycles. The maximum absolute atomic E-state index is 12.5. The van der Waals surface area contributed by atoms with Crippen LogP contribution in [0.2, 0.25) is 0 Å². The SMILES string of the molecule is COc1cc(C)ccc1C(=O)N/N=C\c1cc2c(cc1C)N(C)C(C)(C)C=C2C. The lowest BCUT2D eigenvalue weighted by molar-refractivity contribution is 0.0952. The van der Waals surface area contributed by atoms with Crippen molar-refractivity contribution in [1.82, 2.24) is 5.43 Å². The summed E-state index contributed by atoms with van der Waals surface area (Å²) in [6.07, 6.45) is 3.97. The average Bonchev–Trinajstić information content (AvgIpc) is 2.66. The number of rotatable bonds is 4. The number of hydrogen-bond donors (Lipinski definition) is 1. The minimum Gasteiger partial charge on any atom is -0.496 e. The van der Waals surface area contributed by atoms with Crippen LogP contribution in [0.4, 0.5) is 5.69 Å². The first-order valence-electron chi connectivity index (χ1n) is 9.70. The van der Waals surface area contributed by atoms with Crippen molar-refractivity contribution in [1.29, 1.82) is 0 Å². The number of amides is 1. The van der Waals surface area contributed by atoms with Crippen molar-refractivity contribution in [2.24, 2.45) is 5.10 Å². The van der Waals surface area contributed by atoms with E-state index >= 15 is 0 Å². The van der Waals surface area contributed by atoms with Crippen LogP contribution in [-0.2, 0) is 0 Å². The summed E-state index contributed by atoms with van der Waals surface area (Å²) in [4.78, 5) is 14.8. The second kappa shape index (κ2) is 7.74. The van der Waals surface area contributed by atoms with Crippen molar-refractivity contribution in [2.75, 3.05) is 19.1 Å². The number of hydrogen-bond acceptors (Lipinski definition) is 4. The topological polar surface area (TPSA) is 53.9 Å². The van der Waals surface area contributed by atoms with Gasteiger partial charge >= 0.3 is 0 Å². The van der Waals surface area contributed by atoms with E-state index in [2.05, 4.69) is 68.4 Å². The third-order valence-electron chi connectivity index (χ3n) is 5.58. The van der Waals surface area contributed by atoms with Crippen molar-refractivity contribution >= 4 is 23.4 Å². The molecule has 29 heavy (non-hydrogen) atoms. The first kappa shape index (κ1) is 20.6. The average molecular weight is 392 g/mol. The molecular weight excluding hydrogens is 362 g/mol. The zero-order valence-electron chi connectivity index (χ0n) is 18.3. The van der Waals surface area contributed by atoms with Gasteiger partial charge in [-0.2, -0.15) is 5.10 Å². The third kappa shape index (κ3) is 4.04. The van der Waals surface area contributed by atoms with Crippen LogP contribution in [0.15, 0.2) is 41.5 Å². The lowest BCUT2D eigenvalue weighted by Crippen LogP contribution is -2.42. The highest BCUT2D eigenvalue weighted by Crippen LogP contribution is 2.38. The number of fused-ring (bicyclic) bond motifs is 1. The highest BCUT2D eigenvalue weighted by Gasteiger charge is 2.28. The van der Waals surface area contributed by atoms with Crippen LogP contribution in [-0.4, -0.2) is 31.8 Å². The highest BCUT2D eigenvalue weighted by atomic mass is 16.5. The molecule has 1 N–H and O–H groups in total. The molecule has 0 aliphatic carbocycles. The first-order chi connectivity index (χ1) is 13.6. The van der Waals surface area contributed by atoms with E-state index < -0.39 is 0 Å². The van der Waals surface area contributed by atoms with E-state index in [1.165, 1.54) is 16.8 Å². The second-order valence-corrected chi connectivity index (χ2v) is 8.17. The summed E-state index contributed by atoms with van der Waals surface area (Å²) >= 11 is 0. The van der Waals surface area contributed by atoms with Gasteiger partial charge in [-0.25, -0.2) is 5.43 Å². The number of carbonyl (C=O) groups excluding carboxylic acids is 1. The van der Waals surface area contributed by atoms with Crippen LogP contribution in [0.5, 0.6) is 5.75 Å². The van der Waals surface area contributed by atoms with E-state index in [0.29, 0.717) is 11.3 Å². The number of ether oxygens (including phenoxy) is 1. The molecule has 2 aromatic rings. The fourth-order valence-electron chi connectivity index (χ4n) is 3.66. The number of nitrogens with one attached hydrogen (secondary N) is 1. The van der Waals surface area contributed by atoms with Crippen molar-refractivity contribution < 1.29 is 9.53 Å². The standard InChI is InChI=1S/C24H29N3O2/c1-15-8-9-19(22(10-15)29-7)23(28)26-25-14-18-12-20-17(3)13-24(4,5)27(6)21(20)11-16(18)2/h8-14H,1-7H3,(H,26,28)/b25-14-. The first-order valence-corrected chi connectivity index (χ1v) is 9.70. The molecule has 0 bridgehead atoms. The van der Waals surface area contributed by atoms with E-state index in [1.807, 2.05) is 19.1 Å². The summed E-state index contributed by atoms with van der Waals surface area (Å²) in [5.41, 5.74) is 9.78. The normalized spacial score (nSPS) is 15.1. The maximum Gasteiger partial charge on any atom is 0.275 e. The molecule has 5 nitrogen and oxygen atoms in total. The molecule has 0 spiro atoms. The summed E-state index contributed by atoms with van der Waals surface area (Å²) in [6, 6.07) is 9.76. The van der Waals surface area contributed by atoms with Crippen molar-refractivity contribution in [3.05, 3.63) is 64.2 Å². The highest BCUT2D eigenvalue weighted by molar-refractivity contribution is 5.98. The van der Waals surface area contributed by atoms with E-state index in [1.54, 1.807) is 19.4 Å². The molecule has 3 rings (SSSR count). The molecule has 152 valence electrons. The summed E-state index contributed by atoms with van der Waals surface area (Å²) in [6.45, 7) is 10.6.